The Bertz CT molecular complexity index is 604. The van der Waals surface area contributed by atoms with E-state index in [9.17, 15) is 0 Å². The van der Waals surface area contributed by atoms with Gasteiger partial charge in [0.1, 0.15) is 11.6 Å². The lowest BCUT2D eigenvalue weighted by molar-refractivity contribution is 0.415. The van der Waals surface area contributed by atoms with Crippen LogP contribution in [-0.2, 0) is 0 Å². The van der Waals surface area contributed by atoms with Gasteiger partial charge in [0.25, 0.3) is 0 Å². The maximum atomic E-state index is 6.09. The average molecular weight is 307 g/mol. The van der Waals surface area contributed by atoms with Gasteiger partial charge in [0.2, 0.25) is 5.95 Å². The number of hydrogen-bond acceptors (Lipinski definition) is 5. The third kappa shape index (κ3) is 4.49. The van der Waals surface area contributed by atoms with E-state index in [2.05, 4.69) is 34.4 Å². The van der Waals surface area contributed by atoms with Crippen LogP contribution in [0.4, 0.5) is 17.5 Å². The van der Waals surface area contributed by atoms with Crippen molar-refractivity contribution in [1.29, 1.82) is 0 Å². The second kappa shape index (κ2) is 7.13. The molecule has 0 unspecified atom stereocenters. The standard InChI is InChI=1S/C15H19ClN4O/c1-10(2)9-18-14-6-7-17-15(20-14)19-11-4-5-13(21-3)12(16)8-11/h4-8,10H,9H2,1-3H3,(H2,17,18,19,20). The molecule has 0 saturated carbocycles. The van der Waals surface area contributed by atoms with E-state index in [1.807, 2.05) is 12.1 Å². The molecule has 2 aromatic rings. The number of anilines is 3. The van der Waals surface area contributed by atoms with Crippen molar-refractivity contribution >= 4 is 29.1 Å². The van der Waals surface area contributed by atoms with E-state index in [0.29, 0.717) is 22.6 Å². The summed E-state index contributed by atoms with van der Waals surface area (Å²) in [5.74, 6) is 2.50. The highest BCUT2D eigenvalue weighted by Gasteiger charge is 2.04. The van der Waals surface area contributed by atoms with E-state index in [1.54, 1.807) is 25.4 Å². The molecule has 0 saturated heterocycles. The fourth-order valence-corrected chi connectivity index (χ4v) is 1.96. The van der Waals surface area contributed by atoms with Gasteiger partial charge in [-0.2, -0.15) is 4.98 Å². The van der Waals surface area contributed by atoms with Gasteiger partial charge in [-0.15, -0.1) is 0 Å². The summed E-state index contributed by atoms with van der Waals surface area (Å²) in [7, 11) is 1.58. The average Bonchev–Trinajstić information content (AvgIpc) is 2.46. The zero-order valence-corrected chi connectivity index (χ0v) is 13.1. The van der Waals surface area contributed by atoms with Crippen LogP contribution in [0.3, 0.4) is 0 Å². The Hall–Kier alpha value is -2.01. The topological polar surface area (TPSA) is 59.1 Å². The first-order chi connectivity index (χ1) is 10.1. The number of hydrogen-bond donors (Lipinski definition) is 2. The molecule has 112 valence electrons. The smallest absolute Gasteiger partial charge is 0.229 e. The molecule has 5 nitrogen and oxygen atoms in total. The Labute approximate surface area is 129 Å². The summed E-state index contributed by atoms with van der Waals surface area (Å²) in [4.78, 5) is 8.60. The largest absolute Gasteiger partial charge is 0.495 e. The van der Waals surface area contributed by atoms with Crippen LogP contribution in [0.2, 0.25) is 5.02 Å². The molecular weight excluding hydrogens is 288 g/mol. The molecule has 0 fully saturated rings. The highest BCUT2D eigenvalue weighted by molar-refractivity contribution is 6.32. The number of aromatic nitrogens is 2. The minimum absolute atomic E-state index is 0.519. The quantitative estimate of drug-likeness (QED) is 0.846. The molecule has 0 spiro atoms. The lowest BCUT2D eigenvalue weighted by Gasteiger charge is -2.10. The van der Waals surface area contributed by atoms with Crippen molar-refractivity contribution in [2.75, 3.05) is 24.3 Å². The van der Waals surface area contributed by atoms with Crippen LogP contribution in [0.15, 0.2) is 30.5 Å². The lowest BCUT2D eigenvalue weighted by Crippen LogP contribution is -2.10. The molecule has 0 bridgehead atoms. The zero-order chi connectivity index (χ0) is 15.2. The number of halogens is 1. The molecule has 2 N–H and O–H groups in total. The summed E-state index contributed by atoms with van der Waals surface area (Å²) < 4.78 is 5.12. The van der Waals surface area contributed by atoms with Gasteiger partial charge in [-0.25, -0.2) is 4.98 Å². The van der Waals surface area contributed by atoms with Crippen LogP contribution in [0.1, 0.15) is 13.8 Å². The van der Waals surface area contributed by atoms with E-state index in [0.717, 1.165) is 18.1 Å². The zero-order valence-electron chi connectivity index (χ0n) is 12.4. The molecule has 2 rings (SSSR count). The lowest BCUT2D eigenvalue weighted by atomic mass is 10.2. The Kier molecular flexibility index (Phi) is 5.22. The number of nitrogens with zero attached hydrogens (tertiary/aromatic N) is 2. The van der Waals surface area contributed by atoms with Crippen molar-refractivity contribution in [2.45, 2.75) is 13.8 Å². The van der Waals surface area contributed by atoms with Crippen molar-refractivity contribution in [1.82, 2.24) is 9.97 Å². The van der Waals surface area contributed by atoms with Crippen LogP contribution in [0, 0.1) is 5.92 Å². The molecule has 1 heterocycles. The maximum absolute atomic E-state index is 6.09. The number of nitrogens with one attached hydrogen (secondary N) is 2. The van der Waals surface area contributed by atoms with E-state index in [1.165, 1.54) is 0 Å². The molecule has 0 amide bonds. The van der Waals surface area contributed by atoms with Gasteiger partial charge in [0, 0.05) is 18.4 Å². The third-order valence-electron chi connectivity index (χ3n) is 2.75. The monoisotopic (exact) mass is 306 g/mol. The SMILES string of the molecule is COc1ccc(Nc2nccc(NCC(C)C)n2)cc1Cl. The molecule has 0 aliphatic rings. The summed E-state index contributed by atoms with van der Waals surface area (Å²) in [6.45, 7) is 5.16. The fraction of sp³-hybridized carbons (Fsp3) is 0.333. The Morgan fingerprint density at radius 1 is 1.29 bits per heavy atom. The number of benzene rings is 1. The summed E-state index contributed by atoms with van der Waals surface area (Å²) in [5, 5.41) is 6.92. The van der Waals surface area contributed by atoms with Crippen LogP contribution in [0.5, 0.6) is 5.75 Å². The number of ether oxygens (including phenoxy) is 1. The van der Waals surface area contributed by atoms with Gasteiger partial charge in [-0.1, -0.05) is 25.4 Å². The third-order valence-corrected chi connectivity index (χ3v) is 3.05. The highest BCUT2D eigenvalue weighted by Crippen LogP contribution is 2.28. The summed E-state index contributed by atoms with van der Waals surface area (Å²) in [6.07, 6.45) is 1.71. The van der Waals surface area contributed by atoms with Crippen LogP contribution < -0.4 is 15.4 Å². The van der Waals surface area contributed by atoms with Gasteiger partial charge < -0.3 is 15.4 Å². The Morgan fingerprint density at radius 3 is 2.76 bits per heavy atom. The van der Waals surface area contributed by atoms with Crippen LogP contribution >= 0.6 is 11.6 Å². The van der Waals surface area contributed by atoms with Gasteiger partial charge in [0.05, 0.1) is 12.1 Å². The van der Waals surface area contributed by atoms with Crippen molar-refractivity contribution in [3.05, 3.63) is 35.5 Å². The van der Waals surface area contributed by atoms with Crippen LogP contribution in [-0.4, -0.2) is 23.6 Å². The van der Waals surface area contributed by atoms with Crippen molar-refractivity contribution in [2.24, 2.45) is 5.92 Å². The molecule has 0 aliphatic carbocycles. The van der Waals surface area contributed by atoms with Gasteiger partial charge in [-0.3, -0.25) is 0 Å². The summed E-state index contributed by atoms with van der Waals surface area (Å²) in [5.41, 5.74) is 0.807. The highest BCUT2D eigenvalue weighted by atomic mass is 35.5. The first-order valence-electron chi connectivity index (χ1n) is 6.76. The Balaban J connectivity index is 2.08. The first kappa shape index (κ1) is 15.4. The molecule has 0 atom stereocenters. The summed E-state index contributed by atoms with van der Waals surface area (Å²) in [6, 6.07) is 7.28. The first-order valence-corrected chi connectivity index (χ1v) is 7.13. The predicted octanol–water partition coefficient (Wildman–Crippen LogP) is 3.95. The van der Waals surface area contributed by atoms with Crippen molar-refractivity contribution < 1.29 is 4.74 Å². The van der Waals surface area contributed by atoms with E-state index < -0.39 is 0 Å². The molecule has 21 heavy (non-hydrogen) atoms. The van der Waals surface area contributed by atoms with Crippen molar-refractivity contribution in [3.8, 4) is 5.75 Å². The van der Waals surface area contributed by atoms with Crippen LogP contribution in [0.25, 0.3) is 0 Å². The normalized spacial score (nSPS) is 10.5. The molecular formula is C15H19ClN4O. The fourth-order valence-electron chi connectivity index (χ4n) is 1.70. The van der Waals surface area contributed by atoms with E-state index >= 15 is 0 Å². The van der Waals surface area contributed by atoms with Gasteiger partial charge in [0.15, 0.2) is 0 Å². The second-order valence-electron chi connectivity index (χ2n) is 5.01. The predicted molar refractivity (Wildman–Crippen MR) is 86.6 cm³/mol. The van der Waals surface area contributed by atoms with Crippen molar-refractivity contribution in [3.63, 3.8) is 0 Å². The van der Waals surface area contributed by atoms with Gasteiger partial charge in [-0.05, 0) is 30.2 Å². The molecule has 0 aliphatic heterocycles. The van der Waals surface area contributed by atoms with E-state index in [-0.39, 0.29) is 0 Å². The summed E-state index contributed by atoms with van der Waals surface area (Å²) >= 11 is 6.09. The maximum Gasteiger partial charge on any atom is 0.229 e. The molecule has 1 aromatic heterocycles. The minimum Gasteiger partial charge on any atom is -0.495 e. The molecule has 1 aromatic carbocycles. The Morgan fingerprint density at radius 2 is 2.10 bits per heavy atom. The number of rotatable bonds is 6. The minimum atomic E-state index is 0.519. The van der Waals surface area contributed by atoms with E-state index in [4.69, 9.17) is 16.3 Å². The molecule has 6 heteroatoms. The molecule has 0 radical (unpaired) electrons. The number of methoxy groups -OCH3 is 1. The second-order valence-corrected chi connectivity index (χ2v) is 5.42. The van der Waals surface area contributed by atoms with Gasteiger partial charge >= 0.3 is 0 Å².